The number of methoxy groups -OCH3 is 1. The summed E-state index contributed by atoms with van der Waals surface area (Å²) in [6, 6.07) is 19.8. The zero-order valence-corrected chi connectivity index (χ0v) is 19.4. The van der Waals surface area contributed by atoms with Crippen molar-refractivity contribution < 1.29 is 9.47 Å². The highest BCUT2D eigenvalue weighted by Crippen LogP contribution is 2.29. The van der Waals surface area contributed by atoms with E-state index >= 15 is 0 Å². The molecule has 0 aliphatic rings. The van der Waals surface area contributed by atoms with Crippen LogP contribution in [0.15, 0.2) is 60.7 Å². The maximum atomic E-state index is 6.22. The molecule has 30 heavy (non-hydrogen) atoms. The summed E-state index contributed by atoms with van der Waals surface area (Å²) < 4.78 is 11.5. The first kappa shape index (κ1) is 24.4. The Balaban J connectivity index is 0.00000320. The van der Waals surface area contributed by atoms with Gasteiger partial charge in [0.1, 0.15) is 6.61 Å². The lowest BCUT2D eigenvalue weighted by atomic mass is 10.1. The number of rotatable bonds is 9. The third-order valence-corrected chi connectivity index (χ3v) is 5.37. The van der Waals surface area contributed by atoms with Gasteiger partial charge in [-0.1, -0.05) is 59.6 Å². The first-order valence-electron chi connectivity index (χ1n) is 9.55. The Hall–Kier alpha value is -1.91. The van der Waals surface area contributed by atoms with Crippen LogP contribution in [0.2, 0.25) is 10.0 Å². The molecule has 0 aromatic heterocycles. The van der Waals surface area contributed by atoms with Gasteiger partial charge in [-0.25, -0.2) is 0 Å². The molecule has 0 fully saturated rings. The third-order valence-electron chi connectivity index (χ3n) is 4.79. The van der Waals surface area contributed by atoms with E-state index in [1.807, 2.05) is 36.4 Å². The summed E-state index contributed by atoms with van der Waals surface area (Å²) >= 11 is 12.2. The highest BCUT2D eigenvalue weighted by molar-refractivity contribution is 6.35. The van der Waals surface area contributed by atoms with Gasteiger partial charge in [-0.15, -0.1) is 12.4 Å². The van der Waals surface area contributed by atoms with Gasteiger partial charge in [0.15, 0.2) is 11.5 Å². The fraction of sp³-hybridized carbons (Fsp3) is 0.250. The lowest BCUT2D eigenvalue weighted by Crippen LogP contribution is -2.16. The number of ether oxygens (including phenoxy) is 2. The number of halogens is 3. The summed E-state index contributed by atoms with van der Waals surface area (Å²) in [4.78, 5) is 0. The molecule has 0 aliphatic carbocycles. The van der Waals surface area contributed by atoms with Gasteiger partial charge in [-0.2, -0.15) is 0 Å². The van der Waals surface area contributed by atoms with E-state index < -0.39 is 0 Å². The Morgan fingerprint density at radius 2 is 1.70 bits per heavy atom. The van der Waals surface area contributed by atoms with Crippen LogP contribution in [0.1, 0.15) is 22.3 Å². The van der Waals surface area contributed by atoms with Gasteiger partial charge >= 0.3 is 0 Å². The average molecular weight is 467 g/mol. The maximum absolute atomic E-state index is 6.22. The van der Waals surface area contributed by atoms with Crippen LogP contribution in [0.25, 0.3) is 0 Å². The Labute approximate surface area is 194 Å². The molecule has 1 N–H and O–H groups in total. The second-order valence-corrected chi connectivity index (χ2v) is 7.71. The topological polar surface area (TPSA) is 30.5 Å². The van der Waals surface area contributed by atoms with Gasteiger partial charge in [0.25, 0.3) is 0 Å². The minimum Gasteiger partial charge on any atom is -0.493 e. The van der Waals surface area contributed by atoms with Crippen LogP contribution < -0.4 is 14.8 Å². The van der Waals surface area contributed by atoms with Crippen molar-refractivity contribution in [3.63, 3.8) is 0 Å². The van der Waals surface area contributed by atoms with Crippen molar-refractivity contribution in [1.29, 1.82) is 0 Å². The van der Waals surface area contributed by atoms with E-state index in [0.717, 1.165) is 42.1 Å². The van der Waals surface area contributed by atoms with Crippen molar-refractivity contribution in [2.24, 2.45) is 0 Å². The SMILES string of the molecule is COc1cc(CNCCc2ccc(Cl)cc2Cl)ccc1OCc1ccccc1C.Cl. The number of benzene rings is 3. The van der Waals surface area contributed by atoms with Crippen LogP contribution in [0, 0.1) is 6.92 Å². The van der Waals surface area contributed by atoms with Crippen molar-refractivity contribution in [3.8, 4) is 11.5 Å². The number of hydrogen-bond acceptors (Lipinski definition) is 3. The second kappa shape index (κ2) is 12.1. The van der Waals surface area contributed by atoms with Gasteiger partial charge < -0.3 is 14.8 Å². The monoisotopic (exact) mass is 465 g/mol. The highest BCUT2D eigenvalue weighted by Gasteiger charge is 2.08. The maximum Gasteiger partial charge on any atom is 0.161 e. The molecule has 0 atom stereocenters. The van der Waals surface area contributed by atoms with Gasteiger partial charge in [0.2, 0.25) is 0 Å². The molecule has 0 saturated carbocycles. The predicted octanol–water partition coefficient (Wildman–Crippen LogP) is 6.64. The van der Waals surface area contributed by atoms with Crippen LogP contribution in [0.3, 0.4) is 0 Å². The molecule has 0 spiro atoms. The first-order chi connectivity index (χ1) is 14.1. The van der Waals surface area contributed by atoms with E-state index in [1.165, 1.54) is 11.1 Å². The smallest absolute Gasteiger partial charge is 0.161 e. The standard InChI is InChI=1S/C24H25Cl2NO2.ClH/c1-17-5-3-4-6-20(17)16-29-23-10-7-18(13-24(23)28-2)15-27-12-11-19-8-9-21(25)14-22(19)26;/h3-10,13-14,27H,11-12,15-16H2,1-2H3;1H. The summed E-state index contributed by atoms with van der Waals surface area (Å²) in [6.45, 7) is 4.15. The lowest BCUT2D eigenvalue weighted by Gasteiger charge is -2.14. The van der Waals surface area contributed by atoms with E-state index in [4.69, 9.17) is 32.7 Å². The molecule has 160 valence electrons. The van der Waals surface area contributed by atoms with E-state index in [1.54, 1.807) is 13.2 Å². The zero-order valence-electron chi connectivity index (χ0n) is 17.1. The van der Waals surface area contributed by atoms with Gasteiger partial charge in [0.05, 0.1) is 7.11 Å². The summed E-state index contributed by atoms with van der Waals surface area (Å²) in [6.07, 6.45) is 0.838. The Bertz CT molecular complexity index is 963. The Morgan fingerprint density at radius 1 is 0.900 bits per heavy atom. The van der Waals surface area contributed by atoms with Crippen molar-refractivity contribution in [2.45, 2.75) is 26.5 Å². The van der Waals surface area contributed by atoms with E-state index in [0.29, 0.717) is 16.7 Å². The van der Waals surface area contributed by atoms with Gasteiger partial charge in [-0.3, -0.25) is 0 Å². The van der Waals surface area contributed by atoms with Crippen LogP contribution in [-0.4, -0.2) is 13.7 Å². The van der Waals surface area contributed by atoms with Crippen molar-refractivity contribution in [2.75, 3.05) is 13.7 Å². The summed E-state index contributed by atoms with van der Waals surface area (Å²) in [5.74, 6) is 1.48. The molecular formula is C24H26Cl3NO2. The van der Waals surface area contributed by atoms with Crippen LogP contribution in [0.5, 0.6) is 11.5 Å². The fourth-order valence-electron chi connectivity index (χ4n) is 3.05. The van der Waals surface area contributed by atoms with Crippen molar-refractivity contribution in [1.82, 2.24) is 5.32 Å². The van der Waals surface area contributed by atoms with Crippen molar-refractivity contribution in [3.05, 3.63) is 93.0 Å². The van der Waals surface area contributed by atoms with E-state index in [9.17, 15) is 0 Å². The molecule has 3 aromatic rings. The molecule has 0 aliphatic heterocycles. The summed E-state index contributed by atoms with van der Waals surface area (Å²) in [5, 5.41) is 4.80. The number of aryl methyl sites for hydroxylation is 1. The molecular weight excluding hydrogens is 441 g/mol. The molecule has 3 rings (SSSR count). The molecule has 0 heterocycles. The molecule has 0 radical (unpaired) electrons. The van der Waals surface area contributed by atoms with Gasteiger partial charge in [0, 0.05) is 16.6 Å². The van der Waals surface area contributed by atoms with Gasteiger partial charge in [-0.05, 0) is 66.4 Å². The van der Waals surface area contributed by atoms with Crippen molar-refractivity contribution >= 4 is 35.6 Å². The lowest BCUT2D eigenvalue weighted by molar-refractivity contribution is 0.283. The molecule has 0 unspecified atom stereocenters. The Kier molecular flexibility index (Phi) is 9.80. The fourth-order valence-corrected chi connectivity index (χ4v) is 3.55. The second-order valence-electron chi connectivity index (χ2n) is 6.86. The Morgan fingerprint density at radius 3 is 2.43 bits per heavy atom. The largest absolute Gasteiger partial charge is 0.493 e. The average Bonchev–Trinajstić information content (AvgIpc) is 2.72. The molecule has 0 amide bonds. The molecule has 0 bridgehead atoms. The normalized spacial score (nSPS) is 10.4. The van der Waals surface area contributed by atoms with E-state index in [-0.39, 0.29) is 12.4 Å². The summed E-state index contributed by atoms with van der Waals surface area (Å²) in [7, 11) is 1.66. The van der Waals surface area contributed by atoms with Crippen LogP contribution >= 0.6 is 35.6 Å². The predicted molar refractivity (Wildman–Crippen MR) is 128 cm³/mol. The highest BCUT2D eigenvalue weighted by atomic mass is 35.5. The minimum absolute atomic E-state index is 0. The number of nitrogens with one attached hydrogen (secondary N) is 1. The molecule has 3 nitrogen and oxygen atoms in total. The van der Waals surface area contributed by atoms with Crippen LogP contribution in [-0.2, 0) is 19.6 Å². The zero-order chi connectivity index (χ0) is 20.6. The quantitative estimate of drug-likeness (QED) is 0.358. The third kappa shape index (κ3) is 6.82. The molecule has 3 aromatic carbocycles. The van der Waals surface area contributed by atoms with E-state index in [2.05, 4.69) is 30.4 Å². The van der Waals surface area contributed by atoms with Crippen LogP contribution in [0.4, 0.5) is 0 Å². The summed E-state index contributed by atoms with van der Waals surface area (Å²) in [5.41, 5.74) is 4.60. The molecule has 6 heteroatoms. The molecule has 0 saturated heterocycles. The minimum atomic E-state index is 0. The first-order valence-corrected chi connectivity index (χ1v) is 10.3. The number of hydrogen-bond donors (Lipinski definition) is 1.